The van der Waals surface area contributed by atoms with Gasteiger partial charge in [0.05, 0.1) is 38.0 Å². The molecule has 9 aromatic carbocycles. The van der Waals surface area contributed by atoms with Gasteiger partial charge in [0.25, 0.3) is 0 Å². The van der Waals surface area contributed by atoms with Crippen LogP contribution < -0.4 is 20.7 Å². The number of aromatic nitrogens is 4. The van der Waals surface area contributed by atoms with Gasteiger partial charge in [0.1, 0.15) is 5.52 Å². The first kappa shape index (κ1) is 34.4. The fourth-order valence-corrected chi connectivity index (χ4v) is 16.2. The summed E-state index contributed by atoms with van der Waals surface area (Å²) in [6.45, 7) is 0. The maximum absolute atomic E-state index is 5.75. The van der Waals surface area contributed by atoms with Crippen LogP contribution in [0.2, 0.25) is 0 Å². The molecule has 0 radical (unpaired) electrons. The summed E-state index contributed by atoms with van der Waals surface area (Å²) in [6, 6.07) is 80.5. The number of hydrogen-bond donors (Lipinski definition) is 0. The molecule has 0 unspecified atom stereocenters. The summed E-state index contributed by atoms with van der Waals surface area (Å²) in [7, 11) is -2.83. The Hall–Kier alpha value is -7.51. The number of hydrogen-bond acceptors (Lipinski definition) is 2. The van der Waals surface area contributed by atoms with E-state index < -0.39 is 8.07 Å². The van der Waals surface area contributed by atoms with Crippen LogP contribution in [0, 0.1) is 0 Å². The zero-order valence-electron chi connectivity index (χ0n) is 33.0. The summed E-state index contributed by atoms with van der Waals surface area (Å²) >= 11 is 1.87. The van der Waals surface area contributed by atoms with Gasteiger partial charge in [-0.05, 0) is 75.3 Å². The smallest absolute Gasteiger partial charge is 0.220 e. The highest BCUT2D eigenvalue weighted by Gasteiger charge is 2.42. The lowest BCUT2D eigenvalue weighted by Crippen LogP contribution is -2.74. The predicted octanol–water partition coefficient (Wildman–Crippen LogP) is 11.3. The van der Waals surface area contributed by atoms with Crippen molar-refractivity contribution in [3.05, 3.63) is 218 Å². The number of fused-ring (bicyclic) bond motifs is 12. The molecule has 61 heavy (non-hydrogen) atoms. The highest BCUT2D eigenvalue weighted by atomic mass is 32.1. The van der Waals surface area contributed by atoms with Gasteiger partial charge in [-0.1, -0.05) is 164 Å². The van der Waals surface area contributed by atoms with Crippen LogP contribution in [0.3, 0.4) is 0 Å². The first-order valence-corrected chi connectivity index (χ1v) is 23.6. The minimum absolute atomic E-state index is 0.893. The van der Waals surface area contributed by atoms with Crippen molar-refractivity contribution in [3.8, 4) is 11.4 Å². The summed E-state index contributed by atoms with van der Waals surface area (Å²) in [5.41, 5.74) is 8.87. The van der Waals surface area contributed by atoms with Crippen LogP contribution >= 0.6 is 11.3 Å². The van der Waals surface area contributed by atoms with Gasteiger partial charge in [0.2, 0.25) is 5.78 Å². The van der Waals surface area contributed by atoms with E-state index in [1.54, 1.807) is 0 Å². The lowest BCUT2D eigenvalue weighted by Gasteiger charge is -2.34. The van der Waals surface area contributed by atoms with E-state index in [4.69, 9.17) is 4.98 Å². The van der Waals surface area contributed by atoms with Gasteiger partial charge in [-0.25, -0.2) is 4.98 Å². The zero-order valence-corrected chi connectivity index (χ0v) is 34.8. The Balaban J connectivity index is 1.18. The maximum atomic E-state index is 5.75. The van der Waals surface area contributed by atoms with E-state index in [0.717, 1.165) is 39.0 Å². The Labute approximate surface area is 356 Å². The van der Waals surface area contributed by atoms with Crippen LogP contribution in [0.1, 0.15) is 0 Å². The van der Waals surface area contributed by atoms with Crippen molar-refractivity contribution >= 4 is 110 Å². The average Bonchev–Trinajstić information content (AvgIpc) is 4.08. The zero-order chi connectivity index (χ0) is 40.1. The Morgan fingerprint density at radius 2 is 0.984 bits per heavy atom. The number of rotatable bonds is 6. The second-order valence-corrected chi connectivity index (χ2v) is 20.8. The second kappa shape index (κ2) is 13.2. The highest BCUT2D eigenvalue weighted by Crippen LogP contribution is 2.43. The van der Waals surface area contributed by atoms with Crippen LogP contribution in [0.5, 0.6) is 0 Å². The summed E-state index contributed by atoms with van der Waals surface area (Å²) in [5.74, 6) is 0.893. The summed E-state index contributed by atoms with van der Waals surface area (Å²) in [4.78, 5) is 5.75. The molecule has 0 spiro atoms. The summed E-state index contributed by atoms with van der Waals surface area (Å²) in [6.07, 6.45) is 0. The molecule has 0 aliphatic carbocycles. The molecule has 4 aromatic heterocycles. The largest absolute Gasteiger partial charge is 0.306 e. The van der Waals surface area contributed by atoms with E-state index in [0.29, 0.717) is 0 Å². The fourth-order valence-electron chi connectivity index (χ4n) is 10.3. The molecular formula is C55H36N4SSi. The van der Waals surface area contributed by atoms with Crippen molar-refractivity contribution in [1.29, 1.82) is 0 Å². The van der Waals surface area contributed by atoms with Crippen LogP contribution in [-0.4, -0.2) is 26.6 Å². The third-order valence-corrected chi connectivity index (χ3v) is 18.8. The van der Waals surface area contributed by atoms with Crippen LogP contribution in [0.4, 0.5) is 0 Å². The molecule has 0 atom stereocenters. The van der Waals surface area contributed by atoms with Gasteiger partial charge >= 0.3 is 0 Å². The SMILES string of the molecule is c1ccc(-n2c3ccc([Si](c4ccccc4)(c4ccccc4)c4ccccc4)cc3n3c4ccc5c6ccccc6n(-c6cccc7c6sc6ccccc67)c5c4nc23)cc1. The normalized spacial score (nSPS) is 12.3. The first-order valence-electron chi connectivity index (χ1n) is 20.8. The number of thiophene rings is 1. The topological polar surface area (TPSA) is 27.2 Å². The molecule has 4 heterocycles. The molecule has 4 nitrogen and oxygen atoms in total. The van der Waals surface area contributed by atoms with E-state index in [1.165, 1.54) is 62.9 Å². The van der Waals surface area contributed by atoms with Gasteiger partial charge in [-0.3, -0.25) is 8.97 Å². The molecule has 13 aromatic rings. The van der Waals surface area contributed by atoms with Gasteiger partial charge in [-0.15, -0.1) is 11.3 Å². The highest BCUT2D eigenvalue weighted by molar-refractivity contribution is 7.26. The van der Waals surface area contributed by atoms with Crippen molar-refractivity contribution < 1.29 is 0 Å². The molecule has 0 aliphatic heterocycles. The van der Waals surface area contributed by atoms with Crippen molar-refractivity contribution in [1.82, 2.24) is 18.5 Å². The standard InChI is InChI=1S/C55H36N4SSi/c1-5-18-37(19-6-1)57-47-34-32-41(61(38-20-7-2-8-21-38,39-22-9-3-10-23-39)40-24-11-4-12-25-40)36-50(47)59-48-35-33-44-42-26-13-15-29-46(42)58(53(44)52(48)56-55(57)59)49-30-17-28-45-43-27-14-16-31-51(43)60-54(45)49/h1-36H. The molecule has 286 valence electrons. The molecule has 6 heteroatoms. The second-order valence-electron chi connectivity index (χ2n) is 15.9. The lowest BCUT2D eigenvalue weighted by molar-refractivity contribution is 1.11. The number of imidazole rings is 2. The van der Waals surface area contributed by atoms with Crippen molar-refractivity contribution in [2.24, 2.45) is 0 Å². The molecule has 0 bridgehead atoms. The molecule has 0 amide bonds. The van der Waals surface area contributed by atoms with Crippen LogP contribution in [-0.2, 0) is 0 Å². The first-order chi connectivity index (χ1) is 30.3. The molecule has 0 fully saturated rings. The van der Waals surface area contributed by atoms with Gasteiger partial charge < -0.3 is 4.57 Å². The van der Waals surface area contributed by atoms with Gasteiger partial charge in [0, 0.05) is 31.9 Å². The van der Waals surface area contributed by atoms with Crippen LogP contribution in [0.25, 0.3) is 81.2 Å². The number of nitrogens with zero attached hydrogens (tertiary/aromatic N) is 4. The third kappa shape index (κ3) is 4.83. The molecular weight excluding hydrogens is 777 g/mol. The average molecular weight is 813 g/mol. The van der Waals surface area contributed by atoms with E-state index in [2.05, 4.69) is 232 Å². The van der Waals surface area contributed by atoms with E-state index in [9.17, 15) is 0 Å². The monoisotopic (exact) mass is 812 g/mol. The Kier molecular flexibility index (Phi) is 7.46. The molecule has 0 N–H and O–H groups in total. The Morgan fingerprint density at radius 1 is 0.393 bits per heavy atom. The summed E-state index contributed by atoms with van der Waals surface area (Å²) < 4.78 is 9.82. The van der Waals surface area contributed by atoms with E-state index >= 15 is 0 Å². The van der Waals surface area contributed by atoms with Crippen molar-refractivity contribution in [3.63, 3.8) is 0 Å². The minimum Gasteiger partial charge on any atom is -0.306 e. The number of benzene rings is 9. The van der Waals surface area contributed by atoms with Crippen molar-refractivity contribution in [2.75, 3.05) is 0 Å². The predicted molar refractivity (Wildman–Crippen MR) is 260 cm³/mol. The molecule has 13 rings (SSSR count). The lowest BCUT2D eigenvalue weighted by atomic mass is 10.1. The molecule has 0 saturated heterocycles. The van der Waals surface area contributed by atoms with E-state index in [-0.39, 0.29) is 0 Å². The quantitative estimate of drug-likeness (QED) is 0.121. The van der Waals surface area contributed by atoms with Gasteiger partial charge in [-0.2, -0.15) is 0 Å². The Bertz CT molecular complexity index is 3710. The van der Waals surface area contributed by atoms with Gasteiger partial charge in [0.15, 0.2) is 8.07 Å². The fraction of sp³-hybridized carbons (Fsp3) is 0. The number of para-hydroxylation sites is 2. The van der Waals surface area contributed by atoms with E-state index in [1.807, 2.05) is 11.3 Å². The molecule has 0 saturated carbocycles. The molecule has 0 aliphatic rings. The Morgan fingerprint density at radius 3 is 1.69 bits per heavy atom. The third-order valence-electron chi connectivity index (χ3n) is 12.8. The maximum Gasteiger partial charge on any atom is 0.220 e. The minimum atomic E-state index is -2.83. The van der Waals surface area contributed by atoms with Crippen molar-refractivity contribution in [2.45, 2.75) is 0 Å². The summed E-state index contributed by atoms with van der Waals surface area (Å²) in [5, 5.41) is 10.4. The van der Waals surface area contributed by atoms with Crippen LogP contribution in [0.15, 0.2) is 218 Å².